The van der Waals surface area contributed by atoms with Gasteiger partial charge in [0.2, 0.25) is 0 Å². The molecule has 0 saturated carbocycles. The molecule has 2 rings (SSSR count). The smallest absolute Gasteiger partial charge is 0.290 e. The number of nitrogens with zero attached hydrogens (tertiary/aromatic N) is 4. The van der Waals surface area contributed by atoms with Crippen molar-refractivity contribution in [2.45, 2.75) is 40.7 Å². The zero-order valence-electron chi connectivity index (χ0n) is 18.3. The summed E-state index contributed by atoms with van der Waals surface area (Å²) in [6.07, 6.45) is 3.30. The predicted octanol–water partition coefficient (Wildman–Crippen LogP) is 5.30. The van der Waals surface area contributed by atoms with Gasteiger partial charge in [0, 0.05) is 25.5 Å². The van der Waals surface area contributed by atoms with Crippen molar-refractivity contribution in [2.75, 3.05) is 14.2 Å². The minimum absolute atomic E-state index is 0.274. The zero-order valence-corrected chi connectivity index (χ0v) is 19.2. The van der Waals surface area contributed by atoms with Crippen LogP contribution >= 0.6 is 7.82 Å². The van der Waals surface area contributed by atoms with Crippen LogP contribution in [0.15, 0.2) is 35.9 Å². The molecule has 0 N–H and O–H groups in total. The fourth-order valence-electron chi connectivity index (χ4n) is 2.89. The molecular formula is C21H27N4O4P. The first kappa shape index (κ1) is 23.7. The van der Waals surface area contributed by atoms with Crippen LogP contribution in [0.5, 0.6) is 0 Å². The monoisotopic (exact) mass is 430 g/mol. The third-order valence-corrected chi connectivity index (χ3v) is 6.14. The normalized spacial score (nSPS) is 13.9. The molecule has 1 atom stereocenters. The molecule has 0 aliphatic heterocycles. The molecule has 0 aliphatic rings. The van der Waals surface area contributed by atoms with Gasteiger partial charge in [0.1, 0.15) is 6.07 Å². The fraction of sp³-hybridized carbons (Fsp3) is 0.381. The second-order valence-electron chi connectivity index (χ2n) is 6.67. The maximum absolute atomic E-state index is 12.5. The van der Waals surface area contributed by atoms with E-state index >= 15 is 0 Å². The van der Waals surface area contributed by atoms with E-state index in [1.54, 1.807) is 17.7 Å². The van der Waals surface area contributed by atoms with E-state index in [-0.39, 0.29) is 5.69 Å². The zero-order chi connectivity index (χ0) is 22.5. The van der Waals surface area contributed by atoms with Gasteiger partial charge in [-0.3, -0.25) is 13.6 Å². The van der Waals surface area contributed by atoms with Gasteiger partial charge in [0.25, 0.3) is 0 Å². The minimum atomic E-state index is -3.71. The molecule has 8 nitrogen and oxygen atoms in total. The van der Waals surface area contributed by atoms with Crippen LogP contribution in [0.4, 0.5) is 0 Å². The number of aryl methyl sites for hydroxylation is 1. The van der Waals surface area contributed by atoms with Crippen LogP contribution in [0.2, 0.25) is 0 Å². The molecule has 2 heterocycles. The summed E-state index contributed by atoms with van der Waals surface area (Å²) < 4.78 is 29.4. The highest BCUT2D eigenvalue weighted by Gasteiger charge is 2.29. The van der Waals surface area contributed by atoms with E-state index in [1.165, 1.54) is 14.2 Å². The van der Waals surface area contributed by atoms with Gasteiger partial charge in [-0.05, 0) is 57.9 Å². The van der Waals surface area contributed by atoms with Crippen LogP contribution in [0.3, 0.4) is 0 Å². The lowest BCUT2D eigenvalue weighted by molar-refractivity contribution is 0.114. The van der Waals surface area contributed by atoms with Crippen LogP contribution < -0.4 is 0 Å². The highest BCUT2D eigenvalue weighted by Crippen LogP contribution is 2.51. The number of aromatic nitrogens is 3. The van der Waals surface area contributed by atoms with Crippen LogP contribution in [0.1, 0.15) is 56.4 Å². The average Bonchev–Trinajstić information content (AvgIpc) is 3.13. The van der Waals surface area contributed by atoms with E-state index in [4.69, 9.17) is 18.6 Å². The number of hydrogen-bond donors (Lipinski definition) is 0. The SMILES string of the molecule is C/C=C\C(C)=C(\C)c1ccc([C@H](C)OP(=O)(OC)OC)c(-n2nc(C#N)cc2C)n1. The number of pyridine rings is 1. The van der Waals surface area contributed by atoms with Gasteiger partial charge in [0.15, 0.2) is 11.5 Å². The first-order valence-electron chi connectivity index (χ1n) is 9.38. The molecule has 2 aromatic rings. The molecule has 0 spiro atoms. The quantitative estimate of drug-likeness (QED) is 0.414. The Hall–Kier alpha value is -2.56. The number of phosphoric ester groups is 1. The second kappa shape index (κ2) is 9.96. The summed E-state index contributed by atoms with van der Waals surface area (Å²) in [7, 11) is -1.19. The standard InChI is InChI=1S/C21H27N4O4P/c1-8-9-14(2)16(4)20-11-10-19(17(5)29-30(26,27-6)28-7)21(23-20)25-15(3)12-18(13-22)24-25/h8-12,17H,1-7H3/b9-8-,16-14-/t17-/m0/s1. The molecule has 0 fully saturated rings. The second-order valence-corrected chi connectivity index (χ2v) is 8.51. The molecule has 30 heavy (non-hydrogen) atoms. The van der Waals surface area contributed by atoms with Crippen molar-refractivity contribution in [3.8, 4) is 11.9 Å². The summed E-state index contributed by atoms with van der Waals surface area (Å²) in [5, 5.41) is 13.6. The summed E-state index contributed by atoms with van der Waals surface area (Å²) in [4.78, 5) is 4.81. The Morgan fingerprint density at radius 1 is 1.30 bits per heavy atom. The average molecular weight is 430 g/mol. The largest absolute Gasteiger partial charge is 0.474 e. The lowest BCUT2D eigenvalue weighted by atomic mass is 10.0. The van der Waals surface area contributed by atoms with Crippen molar-refractivity contribution in [1.82, 2.24) is 14.8 Å². The third-order valence-electron chi connectivity index (χ3n) is 4.67. The van der Waals surface area contributed by atoms with E-state index in [2.05, 4.69) is 5.10 Å². The van der Waals surface area contributed by atoms with Crippen LogP contribution in [-0.4, -0.2) is 29.0 Å². The molecular weight excluding hydrogens is 403 g/mol. The maximum Gasteiger partial charge on any atom is 0.474 e. The summed E-state index contributed by atoms with van der Waals surface area (Å²) in [5.74, 6) is 0.477. The van der Waals surface area contributed by atoms with Crippen molar-refractivity contribution in [2.24, 2.45) is 0 Å². The van der Waals surface area contributed by atoms with E-state index in [9.17, 15) is 9.83 Å². The molecule has 0 saturated heterocycles. The predicted molar refractivity (Wildman–Crippen MR) is 115 cm³/mol. The fourth-order valence-corrected chi connectivity index (χ4v) is 3.71. The van der Waals surface area contributed by atoms with E-state index in [1.807, 2.05) is 58.0 Å². The highest BCUT2D eigenvalue weighted by atomic mass is 31.2. The molecule has 9 heteroatoms. The molecule has 0 aromatic carbocycles. The highest BCUT2D eigenvalue weighted by molar-refractivity contribution is 7.48. The van der Waals surface area contributed by atoms with Gasteiger partial charge in [-0.15, -0.1) is 0 Å². The van der Waals surface area contributed by atoms with Gasteiger partial charge < -0.3 is 0 Å². The Kier molecular flexibility index (Phi) is 7.88. The number of hydrogen-bond acceptors (Lipinski definition) is 7. The summed E-state index contributed by atoms with van der Waals surface area (Å²) in [6, 6.07) is 7.43. The summed E-state index contributed by atoms with van der Waals surface area (Å²) in [6.45, 7) is 9.51. The Labute approximate surface area is 177 Å². The van der Waals surface area contributed by atoms with E-state index in [0.29, 0.717) is 11.4 Å². The first-order chi connectivity index (χ1) is 14.2. The maximum atomic E-state index is 12.5. The van der Waals surface area contributed by atoms with Crippen molar-refractivity contribution in [3.63, 3.8) is 0 Å². The Morgan fingerprint density at radius 2 is 1.97 bits per heavy atom. The van der Waals surface area contributed by atoms with Crippen LogP contribution in [0, 0.1) is 18.3 Å². The van der Waals surface area contributed by atoms with Crippen molar-refractivity contribution < 1.29 is 18.1 Å². The van der Waals surface area contributed by atoms with Crippen molar-refractivity contribution in [1.29, 1.82) is 5.26 Å². The molecule has 0 unspecified atom stereocenters. The van der Waals surface area contributed by atoms with Crippen molar-refractivity contribution in [3.05, 3.63) is 58.6 Å². The molecule has 0 bridgehead atoms. The van der Waals surface area contributed by atoms with E-state index < -0.39 is 13.9 Å². The Bertz CT molecular complexity index is 1060. The number of phosphoric acid groups is 1. The van der Waals surface area contributed by atoms with Gasteiger partial charge >= 0.3 is 7.82 Å². The lowest BCUT2D eigenvalue weighted by Crippen LogP contribution is -2.12. The third kappa shape index (κ3) is 5.13. The van der Waals surface area contributed by atoms with Gasteiger partial charge in [-0.25, -0.2) is 14.2 Å². The Balaban J connectivity index is 2.68. The van der Waals surface area contributed by atoms with Gasteiger partial charge in [0.05, 0.1) is 11.8 Å². The number of rotatable bonds is 8. The summed E-state index contributed by atoms with van der Waals surface area (Å²) in [5.41, 5.74) is 4.46. The molecule has 0 radical (unpaired) electrons. The van der Waals surface area contributed by atoms with Gasteiger partial charge in [-0.1, -0.05) is 18.2 Å². The minimum Gasteiger partial charge on any atom is -0.290 e. The van der Waals surface area contributed by atoms with Crippen molar-refractivity contribution >= 4 is 13.4 Å². The number of nitriles is 1. The lowest BCUT2D eigenvalue weighted by Gasteiger charge is -2.21. The molecule has 0 aliphatic carbocycles. The number of allylic oxidation sites excluding steroid dienone is 4. The molecule has 160 valence electrons. The van der Waals surface area contributed by atoms with Crippen LogP contribution in [0.25, 0.3) is 11.4 Å². The Morgan fingerprint density at radius 3 is 2.50 bits per heavy atom. The topological polar surface area (TPSA) is 99.3 Å². The van der Waals surface area contributed by atoms with E-state index in [0.717, 1.165) is 22.5 Å². The first-order valence-corrected chi connectivity index (χ1v) is 10.8. The molecule has 2 aromatic heterocycles. The molecule has 0 amide bonds. The summed E-state index contributed by atoms with van der Waals surface area (Å²) >= 11 is 0. The van der Waals surface area contributed by atoms with Crippen LogP contribution in [-0.2, 0) is 18.1 Å². The van der Waals surface area contributed by atoms with Gasteiger partial charge in [-0.2, -0.15) is 10.4 Å².